The molecule has 0 heterocycles. The van der Waals surface area contributed by atoms with Gasteiger partial charge in [0.05, 0.1) is 0 Å². The normalized spacial score (nSPS) is 21.9. The summed E-state index contributed by atoms with van der Waals surface area (Å²) in [5.74, 6) is -4.45. The fraction of sp³-hybridized carbons (Fsp3) is 0.333. The first-order chi connectivity index (χ1) is 8.10. The topological polar surface area (TPSA) is 72.2 Å². The number of nitrogens with two attached hydrogens (primary N) is 1. The van der Waals surface area contributed by atoms with Gasteiger partial charge in [-0.1, -0.05) is 11.6 Å². The lowest BCUT2D eigenvalue weighted by Gasteiger charge is -2.20. The second kappa shape index (κ2) is 4.09. The van der Waals surface area contributed by atoms with Crippen molar-refractivity contribution in [1.82, 2.24) is 4.72 Å². The number of benzene rings is 1. The molecule has 1 aliphatic carbocycles. The lowest BCUT2D eigenvalue weighted by molar-refractivity contribution is -0.0193. The van der Waals surface area contributed by atoms with Crippen molar-refractivity contribution < 1.29 is 21.6 Å². The van der Waals surface area contributed by atoms with Crippen LogP contribution in [-0.4, -0.2) is 14.3 Å². The van der Waals surface area contributed by atoms with Crippen molar-refractivity contribution in [2.75, 3.05) is 0 Å². The first-order valence-electron chi connectivity index (χ1n) is 4.76. The molecule has 0 saturated carbocycles. The van der Waals surface area contributed by atoms with Gasteiger partial charge >= 0.3 is 0 Å². The molecule has 4 nitrogen and oxygen atoms in total. The zero-order chi connectivity index (χ0) is 13.7. The quantitative estimate of drug-likeness (QED) is 0.869. The third-order valence-corrected chi connectivity index (χ3v) is 3.38. The molecule has 0 bridgehead atoms. The predicted octanol–water partition coefficient (Wildman–Crippen LogP) is 1.50. The van der Waals surface area contributed by atoms with Crippen LogP contribution in [0.3, 0.4) is 0 Å². The first-order valence-corrected chi connectivity index (χ1v) is 6.68. The van der Waals surface area contributed by atoms with Gasteiger partial charge in [-0.3, -0.25) is 0 Å². The lowest BCUT2D eigenvalue weighted by atomic mass is 10.1. The van der Waals surface area contributed by atoms with E-state index in [1.54, 1.807) is 4.72 Å². The third-order valence-electron chi connectivity index (χ3n) is 2.60. The van der Waals surface area contributed by atoms with Crippen LogP contribution in [0.5, 0.6) is 0 Å². The lowest BCUT2D eigenvalue weighted by Crippen LogP contribution is -2.41. The SMILES string of the molecule is NS(=O)(=O)NC1c2c(F)cc(Cl)cc2CC1(F)F. The van der Waals surface area contributed by atoms with Gasteiger partial charge in [0.1, 0.15) is 11.9 Å². The van der Waals surface area contributed by atoms with Crippen LogP contribution in [0, 0.1) is 5.82 Å². The van der Waals surface area contributed by atoms with Crippen molar-refractivity contribution in [2.24, 2.45) is 5.14 Å². The second-order valence-corrected chi connectivity index (χ2v) is 5.76. The molecule has 3 N–H and O–H groups in total. The fourth-order valence-corrected chi connectivity index (χ4v) is 2.83. The van der Waals surface area contributed by atoms with Gasteiger partial charge in [0.15, 0.2) is 0 Å². The highest BCUT2D eigenvalue weighted by Crippen LogP contribution is 2.45. The maximum Gasteiger partial charge on any atom is 0.275 e. The Bertz CT molecular complexity index is 606. The Kier molecular flexibility index (Phi) is 3.09. The number of nitrogens with one attached hydrogen (secondary N) is 1. The Morgan fingerprint density at radius 3 is 2.61 bits per heavy atom. The van der Waals surface area contributed by atoms with Crippen molar-refractivity contribution in [3.05, 3.63) is 34.1 Å². The molecule has 1 aromatic rings. The maximum atomic E-state index is 13.7. The van der Waals surface area contributed by atoms with E-state index in [1.807, 2.05) is 0 Å². The molecule has 0 saturated heterocycles. The molecule has 1 unspecified atom stereocenters. The minimum atomic E-state index is -4.38. The minimum absolute atomic E-state index is 0.0293. The summed E-state index contributed by atoms with van der Waals surface area (Å²) in [6.07, 6.45) is -0.799. The Balaban J connectivity index is 2.55. The summed E-state index contributed by atoms with van der Waals surface area (Å²) in [6.45, 7) is 0. The molecule has 0 aromatic heterocycles. The van der Waals surface area contributed by atoms with Crippen LogP contribution in [0.1, 0.15) is 17.2 Å². The van der Waals surface area contributed by atoms with Crippen LogP contribution in [0.15, 0.2) is 12.1 Å². The Morgan fingerprint density at radius 2 is 2.06 bits per heavy atom. The largest absolute Gasteiger partial charge is 0.275 e. The smallest absolute Gasteiger partial charge is 0.216 e. The molecule has 1 aromatic carbocycles. The van der Waals surface area contributed by atoms with Crippen molar-refractivity contribution in [3.63, 3.8) is 0 Å². The second-order valence-electron chi connectivity index (χ2n) is 3.99. The molecule has 0 spiro atoms. The summed E-state index contributed by atoms with van der Waals surface area (Å²) < 4.78 is 64.2. The van der Waals surface area contributed by atoms with Crippen LogP contribution < -0.4 is 9.86 Å². The van der Waals surface area contributed by atoms with Gasteiger partial charge in [-0.2, -0.15) is 13.1 Å². The molecule has 1 atom stereocenters. The molecule has 0 radical (unpaired) electrons. The van der Waals surface area contributed by atoms with Crippen molar-refractivity contribution >= 4 is 21.8 Å². The van der Waals surface area contributed by atoms with Gasteiger partial charge in [0.25, 0.3) is 16.1 Å². The first kappa shape index (κ1) is 13.6. The van der Waals surface area contributed by atoms with E-state index in [4.69, 9.17) is 11.6 Å². The fourth-order valence-electron chi connectivity index (χ4n) is 1.98. The zero-order valence-corrected chi connectivity index (χ0v) is 10.3. The van der Waals surface area contributed by atoms with Crippen LogP contribution in [0.25, 0.3) is 0 Å². The number of fused-ring (bicyclic) bond motifs is 1. The molecule has 9 heteroatoms. The monoisotopic (exact) mass is 300 g/mol. The molecule has 100 valence electrons. The Hall–Kier alpha value is -0.830. The number of alkyl halides is 2. The average Bonchev–Trinajstić information content (AvgIpc) is 2.34. The standard InChI is InChI=1S/C9H8ClF3N2O2S/c10-5-1-4-3-9(12,13)8(15-18(14,16)17)7(4)6(11)2-5/h1-2,8,15H,3H2,(H2,14,16,17). The molecular weight excluding hydrogens is 293 g/mol. The summed E-state index contributed by atoms with van der Waals surface area (Å²) in [5.41, 5.74) is -0.454. The van der Waals surface area contributed by atoms with E-state index in [0.717, 1.165) is 6.07 Å². The highest BCUT2D eigenvalue weighted by molar-refractivity contribution is 7.87. The van der Waals surface area contributed by atoms with Crippen LogP contribution in [-0.2, 0) is 16.6 Å². The molecular formula is C9H8ClF3N2O2S. The van der Waals surface area contributed by atoms with E-state index >= 15 is 0 Å². The molecule has 1 aliphatic rings. The summed E-state index contributed by atoms with van der Waals surface area (Å²) in [4.78, 5) is 0. The van der Waals surface area contributed by atoms with E-state index in [9.17, 15) is 21.6 Å². The number of rotatable bonds is 2. The van der Waals surface area contributed by atoms with Crippen LogP contribution in [0.4, 0.5) is 13.2 Å². The Morgan fingerprint density at radius 1 is 1.44 bits per heavy atom. The van der Waals surface area contributed by atoms with Crippen LogP contribution in [0.2, 0.25) is 5.02 Å². The highest BCUT2D eigenvalue weighted by atomic mass is 35.5. The van der Waals surface area contributed by atoms with E-state index < -0.39 is 40.0 Å². The highest BCUT2D eigenvalue weighted by Gasteiger charge is 2.50. The zero-order valence-electron chi connectivity index (χ0n) is 8.75. The van der Waals surface area contributed by atoms with Gasteiger partial charge in [-0.25, -0.2) is 18.3 Å². The molecule has 2 rings (SSSR count). The predicted molar refractivity (Wildman–Crippen MR) is 59.0 cm³/mol. The van der Waals surface area contributed by atoms with Crippen LogP contribution >= 0.6 is 11.6 Å². The molecule has 0 aliphatic heterocycles. The van der Waals surface area contributed by atoms with E-state index in [-0.39, 0.29) is 10.6 Å². The molecule has 18 heavy (non-hydrogen) atoms. The van der Waals surface area contributed by atoms with Crippen molar-refractivity contribution in [2.45, 2.75) is 18.4 Å². The summed E-state index contributed by atoms with van der Waals surface area (Å²) in [6, 6.07) is 0.0120. The minimum Gasteiger partial charge on any atom is -0.216 e. The van der Waals surface area contributed by atoms with Gasteiger partial charge in [0, 0.05) is 17.0 Å². The van der Waals surface area contributed by atoms with E-state index in [1.165, 1.54) is 6.07 Å². The van der Waals surface area contributed by atoms with Gasteiger partial charge in [0.2, 0.25) is 0 Å². The number of hydrogen-bond acceptors (Lipinski definition) is 2. The van der Waals surface area contributed by atoms with E-state index in [2.05, 4.69) is 5.14 Å². The Labute approximate surface area is 106 Å². The molecule has 0 fully saturated rings. The van der Waals surface area contributed by atoms with Crippen molar-refractivity contribution in [3.8, 4) is 0 Å². The number of halogens is 4. The van der Waals surface area contributed by atoms with Crippen molar-refractivity contribution in [1.29, 1.82) is 0 Å². The van der Waals surface area contributed by atoms with Gasteiger partial charge in [-0.05, 0) is 17.7 Å². The van der Waals surface area contributed by atoms with Gasteiger partial charge < -0.3 is 0 Å². The van der Waals surface area contributed by atoms with E-state index in [0.29, 0.717) is 0 Å². The maximum absolute atomic E-state index is 13.7. The third kappa shape index (κ3) is 2.46. The molecule has 0 amide bonds. The average molecular weight is 301 g/mol. The summed E-state index contributed by atoms with van der Waals surface area (Å²) in [5, 5.41) is 4.62. The van der Waals surface area contributed by atoms with Gasteiger partial charge in [-0.15, -0.1) is 0 Å². The summed E-state index contributed by atoms with van der Waals surface area (Å²) in [7, 11) is -4.38. The summed E-state index contributed by atoms with van der Waals surface area (Å²) >= 11 is 5.55. The number of hydrogen-bond donors (Lipinski definition) is 2.